The molecule has 1 aliphatic heterocycles. The first-order chi connectivity index (χ1) is 11.8. The molecule has 132 valence electrons. The second-order valence-electron chi connectivity index (χ2n) is 6.87. The van der Waals surface area contributed by atoms with Gasteiger partial charge >= 0.3 is 6.09 Å². The molecule has 0 spiro atoms. The fraction of sp³-hybridized carbons (Fsp3) is 0.389. The minimum absolute atomic E-state index is 0.319. The van der Waals surface area contributed by atoms with Crippen LogP contribution in [0.25, 0.3) is 10.9 Å². The highest BCUT2D eigenvalue weighted by molar-refractivity contribution is 8.13. The van der Waals surface area contributed by atoms with E-state index in [1.54, 1.807) is 27.0 Å². The molecule has 0 radical (unpaired) electrons. The molecule has 0 saturated carbocycles. The van der Waals surface area contributed by atoms with Gasteiger partial charge in [-0.25, -0.2) is 9.69 Å². The van der Waals surface area contributed by atoms with Gasteiger partial charge in [-0.3, -0.25) is 4.79 Å². The van der Waals surface area contributed by atoms with Gasteiger partial charge in [-0.2, -0.15) is 4.99 Å². The monoisotopic (exact) mass is 359 g/mol. The molecule has 6 nitrogen and oxygen atoms in total. The smallest absolute Gasteiger partial charge is 0.417 e. The molecule has 2 heterocycles. The molecule has 25 heavy (non-hydrogen) atoms. The van der Waals surface area contributed by atoms with Crippen LogP contribution in [0.2, 0.25) is 0 Å². The first kappa shape index (κ1) is 17.5. The lowest BCUT2D eigenvalue weighted by molar-refractivity contribution is -0.120. The maximum atomic E-state index is 12.6. The van der Waals surface area contributed by atoms with E-state index < -0.39 is 17.7 Å². The van der Waals surface area contributed by atoms with Gasteiger partial charge in [0.25, 0.3) is 5.91 Å². The molecule has 1 unspecified atom stereocenters. The number of nitrogens with zero attached hydrogens (tertiary/aromatic N) is 2. The number of carbonyl (C=O) groups excluding carboxylic acids is 2. The number of rotatable bonds is 2. The average molecular weight is 359 g/mol. The molecule has 1 aliphatic rings. The Morgan fingerprint density at radius 1 is 1.36 bits per heavy atom. The lowest BCUT2D eigenvalue weighted by Gasteiger charge is -2.28. The highest BCUT2D eigenvalue weighted by Gasteiger charge is 2.41. The van der Waals surface area contributed by atoms with Crippen molar-refractivity contribution in [2.24, 2.45) is 4.99 Å². The molecule has 2 amide bonds. The molecule has 1 aromatic heterocycles. The van der Waals surface area contributed by atoms with E-state index in [1.165, 1.54) is 16.7 Å². The van der Waals surface area contributed by atoms with E-state index in [2.05, 4.69) is 9.98 Å². The quantitative estimate of drug-likeness (QED) is 0.889. The predicted molar refractivity (Wildman–Crippen MR) is 99.8 cm³/mol. The topological polar surface area (TPSA) is 74.8 Å². The Morgan fingerprint density at radius 2 is 2.08 bits per heavy atom. The summed E-state index contributed by atoms with van der Waals surface area (Å²) < 4.78 is 5.47. The number of fused-ring (bicyclic) bond motifs is 1. The fourth-order valence-electron chi connectivity index (χ4n) is 2.81. The number of aromatic nitrogens is 1. The summed E-state index contributed by atoms with van der Waals surface area (Å²) in [7, 11) is 0. The minimum Gasteiger partial charge on any atom is -0.443 e. The second-order valence-corrected chi connectivity index (χ2v) is 7.64. The maximum Gasteiger partial charge on any atom is 0.417 e. The molecule has 1 atom stereocenters. The summed E-state index contributed by atoms with van der Waals surface area (Å²) >= 11 is 1.27. The van der Waals surface area contributed by atoms with E-state index >= 15 is 0 Å². The zero-order valence-corrected chi connectivity index (χ0v) is 15.5. The number of thioether (sulfide) groups is 1. The molecule has 2 aromatic rings. The number of amides is 2. The second kappa shape index (κ2) is 6.55. The molecular weight excluding hydrogens is 338 g/mol. The third-order valence-electron chi connectivity index (χ3n) is 3.87. The number of aromatic amines is 1. The van der Waals surface area contributed by atoms with Gasteiger partial charge in [-0.15, -0.1) is 0 Å². The summed E-state index contributed by atoms with van der Waals surface area (Å²) in [5.74, 6) is -0.319. The van der Waals surface area contributed by atoms with E-state index in [9.17, 15) is 9.59 Å². The first-order valence-corrected chi connectivity index (χ1v) is 9.26. The van der Waals surface area contributed by atoms with E-state index in [-0.39, 0.29) is 5.91 Å². The third kappa shape index (κ3) is 3.56. The van der Waals surface area contributed by atoms with Crippen LogP contribution in [0.4, 0.5) is 4.79 Å². The fourth-order valence-corrected chi connectivity index (χ4v) is 3.39. The lowest BCUT2D eigenvalue weighted by atomic mass is 10.0. The van der Waals surface area contributed by atoms with Crippen LogP contribution in [-0.4, -0.2) is 45.0 Å². The predicted octanol–water partition coefficient (Wildman–Crippen LogP) is 3.58. The van der Waals surface area contributed by atoms with Crippen molar-refractivity contribution in [2.75, 3.05) is 6.26 Å². The van der Waals surface area contributed by atoms with Crippen molar-refractivity contribution in [3.8, 4) is 0 Å². The van der Waals surface area contributed by atoms with Gasteiger partial charge in [-0.1, -0.05) is 30.0 Å². The number of nitrogens with one attached hydrogen (secondary N) is 1. The van der Waals surface area contributed by atoms with Crippen LogP contribution in [0.15, 0.2) is 35.5 Å². The van der Waals surface area contributed by atoms with Crippen LogP contribution in [0.3, 0.4) is 0 Å². The number of ether oxygens (including phenoxy) is 1. The lowest BCUT2D eigenvalue weighted by Crippen LogP contribution is -2.45. The number of aliphatic imine (C=N–C) groups is 1. The van der Waals surface area contributed by atoms with Crippen molar-refractivity contribution in [1.82, 2.24) is 9.88 Å². The van der Waals surface area contributed by atoms with E-state index in [1.807, 2.05) is 30.5 Å². The Morgan fingerprint density at radius 3 is 2.76 bits per heavy atom. The van der Waals surface area contributed by atoms with Crippen LogP contribution in [0.5, 0.6) is 0 Å². The number of para-hydroxylation sites is 1. The summed E-state index contributed by atoms with van der Waals surface area (Å²) in [4.78, 5) is 33.7. The van der Waals surface area contributed by atoms with Crippen molar-refractivity contribution in [1.29, 1.82) is 0 Å². The van der Waals surface area contributed by atoms with E-state index in [0.717, 1.165) is 16.5 Å². The van der Waals surface area contributed by atoms with Crippen molar-refractivity contribution >= 4 is 39.8 Å². The van der Waals surface area contributed by atoms with Gasteiger partial charge in [0.2, 0.25) is 0 Å². The number of benzene rings is 1. The summed E-state index contributed by atoms with van der Waals surface area (Å²) in [6.45, 7) is 5.40. The van der Waals surface area contributed by atoms with Gasteiger partial charge in [0.1, 0.15) is 11.6 Å². The van der Waals surface area contributed by atoms with E-state index in [4.69, 9.17) is 4.74 Å². The van der Waals surface area contributed by atoms with E-state index in [0.29, 0.717) is 11.6 Å². The zero-order chi connectivity index (χ0) is 18.2. The highest BCUT2D eigenvalue weighted by Crippen LogP contribution is 2.27. The molecule has 0 bridgehead atoms. The molecule has 1 N–H and O–H groups in total. The van der Waals surface area contributed by atoms with Gasteiger partial charge in [0, 0.05) is 23.5 Å². The summed E-state index contributed by atoms with van der Waals surface area (Å²) in [5.41, 5.74) is 1.33. The summed E-state index contributed by atoms with van der Waals surface area (Å²) in [6.07, 6.45) is 3.51. The summed E-state index contributed by atoms with van der Waals surface area (Å²) in [6, 6.07) is 7.19. The highest BCUT2D eigenvalue weighted by atomic mass is 32.2. The van der Waals surface area contributed by atoms with Crippen LogP contribution in [0, 0.1) is 0 Å². The molecule has 0 fully saturated rings. The van der Waals surface area contributed by atoms with Crippen LogP contribution in [-0.2, 0) is 16.0 Å². The number of H-pyrrole nitrogens is 1. The largest absolute Gasteiger partial charge is 0.443 e. The molecule has 0 aliphatic carbocycles. The van der Waals surface area contributed by atoms with Crippen molar-refractivity contribution < 1.29 is 14.3 Å². The maximum absolute atomic E-state index is 12.6. The van der Waals surface area contributed by atoms with Gasteiger partial charge in [0.05, 0.1) is 0 Å². The standard InChI is InChI=1S/C18H21N3O3S/c1-18(2,3)24-17(23)21-14(15(22)20-16(21)25-4)9-11-10-19-13-8-6-5-7-12(11)13/h5-8,10,14,19H,9H2,1-4H3. The first-order valence-electron chi connectivity index (χ1n) is 8.04. The zero-order valence-electron chi connectivity index (χ0n) is 14.7. The average Bonchev–Trinajstić information content (AvgIpc) is 3.08. The van der Waals surface area contributed by atoms with Crippen molar-refractivity contribution in [3.63, 3.8) is 0 Å². The molecule has 3 rings (SSSR count). The number of amidine groups is 1. The van der Waals surface area contributed by atoms with Crippen molar-refractivity contribution in [3.05, 3.63) is 36.0 Å². The number of hydrogen-bond donors (Lipinski definition) is 1. The van der Waals surface area contributed by atoms with Crippen LogP contribution in [0.1, 0.15) is 26.3 Å². The van der Waals surface area contributed by atoms with Gasteiger partial charge in [-0.05, 0) is 38.7 Å². The summed E-state index contributed by atoms with van der Waals surface area (Å²) in [5, 5.41) is 1.42. The van der Waals surface area contributed by atoms with Crippen molar-refractivity contribution in [2.45, 2.75) is 38.8 Å². The molecular formula is C18H21N3O3S. The third-order valence-corrected chi connectivity index (χ3v) is 4.52. The van der Waals surface area contributed by atoms with Crippen LogP contribution < -0.4 is 0 Å². The minimum atomic E-state index is -0.684. The Balaban J connectivity index is 1.90. The molecule has 1 aromatic carbocycles. The Labute approximate surface area is 150 Å². The van der Waals surface area contributed by atoms with Gasteiger partial charge in [0.15, 0.2) is 5.17 Å². The Hall–Kier alpha value is -2.28. The molecule has 0 saturated heterocycles. The molecule has 7 heteroatoms. The van der Waals surface area contributed by atoms with Crippen LogP contribution >= 0.6 is 11.8 Å². The normalized spacial score (nSPS) is 17.9. The Kier molecular flexibility index (Phi) is 4.60. The SMILES string of the molecule is CSC1=NC(=O)C(Cc2c[nH]c3ccccc23)N1C(=O)OC(C)(C)C. The van der Waals surface area contributed by atoms with Gasteiger partial charge < -0.3 is 9.72 Å². The number of hydrogen-bond acceptors (Lipinski definition) is 4. The Bertz CT molecular complexity index is 851. The number of carbonyl (C=O) groups is 2.